The van der Waals surface area contributed by atoms with Crippen LogP contribution in [0.5, 0.6) is 11.5 Å². The summed E-state index contributed by atoms with van der Waals surface area (Å²) in [7, 11) is -3.73. The van der Waals surface area contributed by atoms with Crippen molar-refractivity contribution >= 4 is 15.9 Å². The third-order valence-corrected chi connectivity index (χ3v) is 6.63. The number of aromatic nitrogens is 1. The number of phenolic OH excluding ortho intramolecular Hbond substituents is 1. The molecule has 1 aromatic carbocycles. The molecule has 1 atom stereocenters. The summed E-state index contributed by atoms with van der Waals surface area (Å²) in [5, 5.41) is 13.0. The first-order chi connectivity index (χ1) is 13.7. The summed E-state index contributed by atoms with van der Waals surface area (Å²) in [6.45, 7) is 5.67. The summed E-state index contributed by atoms with van der Waals surface area (Å²) in [6.07, 6.45) is 0.315. The van der Waals surface area contributed by atoms with E-state index in [1.54, 1.807) is 37.8 Å². The van der Waals surface area contributed by atoms with Crippen LogP contribution in [0, 0.1) is 13.8 Å². The number of benzene rings is 1. The zero-order valence-corrected chi connectivity index (χ0v) is 17.4. The molecule has 3 rings (SSSR count). The lowest BCUT2D eigenvalue weighted by Gasteiger charge is -2.33. The van der Waals surface area contributed by atoms with Gasteiger partial charge in [-0.15, -0.1) is 0 Å². The Morgan fingerprint density at radius 3 is 2.45 bits per heavy atom. The molecule has 1 aromatic heterocycles. The number of piperidine rings is 1. The number of likely N-dealkylation sites (tertiary alicyclic amines) is 1. The van der Waals surface area contributed by atoms with Gasteiger partial charge in [-0.25, -0.2) is 13.1 Å². The van der Waals surface area contributed by atoms with Gasteiger partial charge in [-0.2, -0.15) is 0 Å². The van der Waals surface area contributed by atoms with Crippen molar-refractivity contribution in [2.75, 3.05) is 13.1 Å². The van der Waals surface area contributed by atoms with Gasteiger partial charge in [0.25, 0.3) is 5.91 Å². The van der Waals surface area contributed by atoms with Gasteiger partial charge in [0.15, 0.2) is 11.9 Å². The number of rotatable bonds is 6. The highest BCUT2D eigenvalue weighted by Gasteiger charge is 2.31. The van der Waals surface area contributed by atoms with E-state index in [2.05, 4.69) is 9.88 Å². The third kappa shape index (κ3) is 4.88. The Bertz CT molecular complexity index is 943. The van der Waals surface area contributed by atoms with Crippen LogP contribution in [0.3, 0.4) is 0 Å². The average molecular weight is 423 g/mol. The van der Waals surface area contributed by atoms with E-state index in [-0.39, 0.29) is 28.4 Å². The van der Waals surface area contributed by atoms with E-state index < -0.39 is 16.1 Å². The Kier molecular flexibility index (Phi) is 6.13. The fourth-order valence-electron chi connectivity index (χ4n) is 3.39. The van der Waals surface area contributed by atoms with Gasteiger partial charge in [0, 0.05) is 19.1 Å². The van der Waals surface area contributed by atoms with Crippen LogP contribution in [-0.4, -0.2) is 54.7 Å². The van der Waals surface area contributed by atoms with E-state index in [9.17, 15) is 18.3 Å². The van der Waals surface area contributed by atoms with Gasteiger partial charge in [-0.05, 0) is 57.9 Å². The van der Waals surface area contributed by atoms with E-state index in [0.717, 1.165) is 0 Å². The van der Waals surface area contributed by atoms with Crippen molar-refractivity contribution < 1.29 is 27.6 Å². The average Bonchev–Trinajstić information content (AvgIpc) is 3.02. The maximum Gasteiger partial charge on any atom is 0.263 e. The lowest BCUT2D eigenvalue weighted by atomic mass is 10.1. The molecule has 1 aliphatic heterocycles. The molecular formula is C19H25N3O6S. The lowest BCUT2D eigenvalue weighted by Crippen LogP contribution is -2.49. The van der Waals surface area contributed by atoms with Crippen LogP contribution in [0.15, 0.2) is 33.7 Å². The molecule has 0 bridgehead atoms. The molecule has 2 heterocycles. The predicted octanol–water partition coefficient (Wildman–Crippen LogP) is 1.73. The number of hydrogen-bond acceptors (Lipinski definition) is 7. The normalized spacial score (nSPS) is 16.6. The monoisotopic (exact) mass is 423 g/mol. The number of aromatic hydroxyl groups is 1. The highest BCUT2D eigenvalue weighted by Crippen LogP contribution is 2.22. The number of ether oxygens (including phenoxy) is 1. The van der Waals surface area contributed by atoms with Crippen LogP contribution in [-0.2, 0) is 14.8 Å². The standard InChI is InChI=1S/C19H25N3O6S/c1-12-18(13(2)28-20-12)29(25,26)21-15-8-10-22(11-9-15)19(24)14(3)27-17-6-4-16(23)5-7-17/h4-7,14-15,21,23H,8-11H2,1-3H3. The number of sulfonamides is 1. The Hall–Kier alpha value is -2.59. The highest BCUT2D eigenvalue weighted by atomic mass is 32.2. The number of hydrogen-bond donors (Lipinski definition) is 2. The molecule has 1 amide bonds. The first kappa shape index (κ1) is 21.1. The number of nitrogens with one attached hydrogen (secondary N) is 1. The number of carbonyl (C=O) groups is 1. The van der Waals surface area contributed by atoms with E-state index in [1.807, 2.05) is 0 Å². The lowest BCUT2D eigenvalue weighted by molar-refractivity contribution is -0.139. The number of aryl methyl sites for hydroxylation is 2. The summed E-state index contributed by atoms with van der Waals surface area (Å²) in [5.41, 5.74) is 0.322. The van der Waals surface area contributed by atoms with Gasteiger partial charge < -0.3 is 19.3 Å². The van der Waals surface area contributed by atoms with Crippen LogP contribution in [0.25, 0.3) is 0 Å². The van der Waals surface area contributed by atoms with E-state index in [4.69, 9.17) is 9.26 Å². The Balaban J connectivity index is 1.54. The summed E-state index contributed by atoms with van der Waals surface area (Å²) in [5.74, 6) is 0.705. The molecule has 158 valence electrons. The van der Waals surface area contributed by atoms with Crippen molar-refractivity contribution in [3.63, 3.8) is 0 Å². The van der Waals surface area contributed by atoms with Crippen molar-refractivity contribution in [2.45, 2.75) is 50.7 Å². The van der Waals surface area contributed by atoms with Gasteiger partial charge in [0.2, 0.25) is 10.0 Å². The molecule has 1 saturated heterocycles. The van der Waals surface area contributed by atoms with Crippen LogP contribution in [0.2, 0.25) is 0 Å². The van der Waals surface area contributed by atoms with Gasteiger partial charge in [0.05, 0.1) is 0 Å². The fraction of sp³-hybridized carbons (Fsp3) is 0.474. The minimum Gasteiger partial charge on any atom is -0.508 e. The molecule has 29 heavy (non-hydrogen) atoms. The van der Waals surface area contributed by atoms with E-state index in [1.165, 1.54) is 12.1 Å². The zero-order valence-electron chi connectivity index (χ0n) is 16.6. The van der Waals surface area contributed by atoms with E-state index in [0.29, 0.717) is 37.4 Å². The van der Waals surface area contributed by atoms with Gasteiger partial charge >= 0.3 is 0 Å². The minimum atomic E-state index is -3.73. The number of carbonyl (C=O) groups excluding carboxylic acids is 1. The van der Waals surface area contributed by atoms with Crippen molar-refractivity contribution in [3.05, 3.63) is 35.7 Å². The van der Waals surface area contributed by atoms with Gasteiger partial charge in [-0.1, -0.05) is 5.16 Å². The van der Waals surface area contributed by atoms with Crippen molar-refractivity contribution in [1.82, 2.24) is 14.8 Å². The molecule has 0 saturated carbocycles. The molecule has 9 nitrogen and oxygen atoms in total. The third-order valence-electron chi connectivity index (χ3n) is 4.86. The summed E-state index contributed by atoms with van der Waals surface area (Å²) in [4.78, 5) is 14.4. The second-order valence-electron chi connectivity index (χ2n) is 7.13. The molecule has 1 unspecified atom stereocenters. The number of amides is 1. The highest BCUT2D eigenvalue weighted by molar-refractivity contribution is 7.89. The summed E-state index contributed by atoms with van der Waals surface area (Å²) >= 11 is 0. The SMILES string of the molecule is Cc1noc(C)c1S(=O)(=O)NC1CCN(C(=O)C(C)Oc2ccc(O)cc2)CC1. The second-order valence-corrected chi connectivity index (χ2v) is 8.78. The van der Waals surface area contributed by atoms with Crippen molar-refractivity contribution in [3.8, 4) is 11.5 Å². The molecule has 0 aliphatic carbocycles. The molecule has 10 heteroatoms. The topological polar surface area (TPSA) is 122 Å². The maximum absolute atomic E-state index is 12.6. The van der Waals surface area contributed by atoms with Crippen molar-refractivity contribution in [1.29, 1.82) is 0 Å². The Morgan fingerprint density at radius 1 is 1.28 bits per heavy atom. The predicted molar refractivity (Wildman–Crippen MR) is 104 cm³/mol. The molecule has 1 fully saturated rings. The number of nitrogens with zero attached hydrogens (tertiary/aromatic N) is 2. The molecule has 0 spiro atoms. The maximum atomic E-state index is 12.6. The van der Waals surface area contributed by atoms with Crippen LogP contribution < -0.4 is 9.46 Å². The largest absolute Gasteiger partial charge is 0.508 e. The van der Waals surface area contributed by atoms with Gasteiger partial charge in [0.1, 0.15) is 22.1 Å². The number of phenols is 1. The molecule has 2 N–H and O–H groups in total. The van der Waals surface area contributed by atoms with Crippen LogP contribution in [0.4, 0.5) is 0 Å². The summed E-state index contributed by atoms with van der Waals surface area (Å²) in [6, 6.07) is 5.89. The molecular weight excluding hydrogens is 398 g/mol. The van der Waals surface area contributed by atoms with Crippen molar-refractivity contribution in [2.24, 2.45) is 0 Å². The molecule has 2 aromatic rings. The molecule has 0 radical (unpaired) electrons. The second kappa shape index (κ2) is 8.42. The smallest absolute Gasteiger partial charge is 0.263 e. The molecule has 1 aliphatic rings. The quantitative estimate of drug-likeness (QED) is 0.725. The Morgan fingerprint density at radius 2 is 1.90 bits per heavy atom. The van der Waals surface area contributed by atoms with Crippen LogP contribution >= 0.6 is 0 Å². The Labute approximate surface area is 169 Å². The first-order valence-corrected chi connectivity index (χ1v) is 10.9. The van der Waals surface area contributed by atoms with Crippen LogP contribution in [0.1, 0.15) is 31.2 Å². The minimum absolute atomic E-state index is 0.0759. The van der Waals surface area contributed by atoms with E-state index >= 15 is 0 Å². The first-order valence-electron chi connectivity index (χ1n) is 9.37. The fourth-order valence-corrected chi connectivity index (χ4v) is 5.02. The summed E-state index contributed by atoms with van der Waals surface area (Å²) < 4.78 is 38.5. The zero-order chi connectivity index (χ0) is 21.2. The van der Waals surface area contributed by atoms with Gasteiger partial charge in [-0.3, -0.25) is 4.79 Å².